The first-order valence-electron chi connectivity index (χ1n) is 5.32. The van der Waals surface area contributed by atoms with Crippen LogP contribution in [0.4, 0.5) is 5.82 Å². The van der Waals surface area contributed by atoms with Crippen molar-refractivity contribution in [1.82, 2.24) is 9.97 Å². The number of hydrogen-bond donors (Lipinski definition) is 1. The van der Waals surface area contributed by atoms with Crippen LogP contribution in [0.3, 0.4) is 0 Å². The lowest BCUT2D eigenvalue weighted by Gasteiger charge is -2.13. The van der Waals surface area contributed by atoms with Gasteiger partial charge in [-0.2, -0.15) is 0 Å². The molecule has 0 saturated heterocycles. The number of methoxy groups -OCH3 is 1. The molecule has 0 aromatic carbocycles. The molecule has 1 heterocycles. The van der Waals surface area contributed by atoms with Crippen molar-refractivity contribution in [2.75, 3.05) is 19.0 Å². The Bertz CT molecular complexity index is 291. The molecule has 1 aromatic heterocycles. The van der Waals surface area contributed by atoms with Gasteiger partial charge in [0, 0.05) is 24.9 Å². The Hall–Kier alpha value is -1.16. The molecular formula is C11H19N3O. The Morgan fingerprint density at radius 1 is 1.47 bits per heavy atom. The minimum Gasteiger partial charge on any atom is -0.383 e. The summed E-state index contributed by atoms with van der Waals surface area (Å²) in [5, 5.41) is 3.27. The maximum atomic E-state index is 5.05. The van der Waals surface area contributed by atoms with Gasteiger partial charge in [0.05, 0.1) is 6.61 Å². The SMILES string of the molecule is CCCc1cc(NC(C)COC)ncn1. The summed E-state index contributed by atoms with van der Waals surface area (Å²) >= 11 is 0. The largest absolute Gasteiger partial charge is 0.383 e. The number of hydrogen-bond acceptors (Lipinski definition) is 4. The summed E-state index contributed by atoms with van der Waals surface area (Å²) in [6.45, 7) is 4.88. The van der Waals surface area contributed by atoms with E-state index in [0.717, 1.165) is 24.4 Å². The molecule has 0 spiro atoms. The van der Waals surface area contributed by atoms with E-state index in [-0.39, 0.29) is 6.04 Å². The van der Waals surface area contributed by atoms with Crippen LogP contribution in [0, 0.1) is 0 Å². The van der Waals surface area contributed by atoms with Crippen LogP contribution in [0.1, 0.15) is 26.0 Å². The summed E-state index contributed by atoms with van der Waals surface area (Å²) in [4.78, 5) is 8.37. The third-order valence-electron chi connectivity index (χ3n) is 2.04. The maximum absolute atomic E-state index is 5.05. The van der Waals surface area contributed by atoms with Crippen LogP contribution in [0.5, 0.6) is 0 Å². The van der Waals surface area contributed by atoms with Gasteiger partial charge in [-0.15, -0.1) is 0 Å². The molecule has 0 amide bonds. The Morgan fingerprint density at radius 2 is 2.27 bits per heavy atom. The second-order valence-corrected chi connectivity index (χ2v) is 3.65. The van der Waals surface area contributed by atoms with E-state index in [1.165, 1.54) is 0 Å². The van der Waals surface area contributed by atoms with Crippen molar-refractivity contribution in [2.24, 2.45) is 0 Å². The standard InChI is InChI=1S/C11H19N3O/c1-4-5-10-6-11(13-8-12-10)14-9(2)7-15-3/h6,8-9H,4-5,7H2,1-3H3,(H,12,13,14). The molecular weight excluding hydrogens is 190 g/mol. The second kappa shape index (κ2) is 6.35. The van der Waals surface area contributed by atoms with Gasteiger partial charge in [-0.05, 0) is 13.3 Å². The van der Waals surface area contributed by atoms with Crippen LogP contribution in [0.15, 0.2) is 12.4 Å². The molecule has 0 radical (unpaired) electrons. The van der Waals surface area contributed by atoms with Crippen molar-refractivity contribution in [3.8, 4) is 0 Å². The van der Waals surface area contributed by atoms with Crippen LogP contribution in [0.2, 0.25) is 0 Å². The topological polar surface area (TPSA) is 47.0 Å². The van der Waals surface area contributed by atoms with E-state index in [1.54, 1.807) is 13.4 Å². The molecule has 0 aliphatic rings. The smallest absolute Gasteiger partial charge is 0.129 e. The third-order valence-corrected chi connectivity index (χ3v) is 2.04. The molecule has 1 atom stereocenters. The fraction of sp³-hybridized carbons (Fsp3) is 0.636. The number of aromatic nitrogens is 2. The highest BCUT2D eigenvalue weighted by Gasteiger charge is 2.03. The molecule has 1 rings (SSSR count). The summed E-state index contributed by atoms with van der Waals surface area (Å²) in [6.07, 6.45) is 3.70. The molecule has 0 fully saturated rings. The van der Waals surface area contributed by atoms with Gasteiger partial charge in [0.15, 0.2) is 0 Å². The molecule has 1 N–H and O–H groups in total. The summed E-state index contributed by atoms with van der Waals surface area (Å²) in [5.41, 5.74) is 1.08. The number of ether oxygens (including phenoxy) is 1. The second-order valence-electron chi connectivity index (χ2n) is 3.65. The van der Waals surface area contributed by atoms with Crippen molar-refractivity contribution in [3.63, 3.8) is 0 Å². The molecule has 84 valence electrons. The van der Waals surface area contributed by atoms with E-state index < -0.39 is 0 Å². The number of aryl methyl sites for hydroxylation is 1. The van der Waals surface area contributed by atoms with Gasteiger partial charge in [-0.25, -0.2) is 9.97 Å². The van der Waals surface area contributed by atoms with Crippen LogP contribution in [-0.4, -0.2) is 29.7 Å². The fourth-order valence-electron chi connectivity index (χ4n) is 1.41. The Kier molecular flexibility index (Phi) is 5.04. The van der Waals surface area contributed by atoms with Crippen molar-refractivity contribution in [3.05, 3.63) is 18.1 Å². The molecule has 15 heavy (non-hydrogen) atoms. The van der Waals surface area contributed by atoms with Gasteiger partial charge >= 0.3 is 0 Å². The van der Waals surface area contributed by atoms with E-state index in [0.29, 0.717) is 6.61 Å². The highest BCUT2D eigenvalue weighted by atomic mass is 16.5. The first-order chi connectivity index (χ1) is 7.26. The Balaban J connectivity index is 2.56. The molecule has 0 aliphatic carbocycles. The van der Waals surface area contributed by atoms with Crippen molar-refractivity contribution < 1.29 is 4.74 Å². The van der Waals surface area contributed by atoms with Crippen molar-refractivity contribution >= 4 is 5.82 Å². The summed E-state index contributed by atoms with van der Waals surface area (Å²) in [5.74, 6) is 0.873. The normalized spacial score (nSPS) is 12.5. The summed E-state index contributed by atoms with van der Waals surface area (Å²) < 4.78 is 5.05. The highest BCUT2D eigenvalue weighted by Crippen LogP contribution is 2.07. The lowest BCUT2D eigenvalue weighted by Crippen LogP contribution is -2.21. The Morgan fingerprint density at radius 3 is 2.93 bits per heavy atom. The van der Waals surface area contributed by atoms with Gasteiger partial charge < -0.3 is 10.1 Å². The molecule has 1 unspecified atom stereocenters. The highest BCUT2D eigenvalue weighted by molar-refractivity contribution is 5.35. The van der Waals surface area contributed by atoms with Gasteiger partial charge in [-0.3, -0.25) is 0 Å². The molecule has 0 aliphatic heterocycles. The van der Waals surface area contributed by atoms with Gasteiger partial charge in [0.25, 0.3) is 0 Å². The predicted molar refractivity (Wildman–Crippen MR) is 61.0 cm³/mol. The third kappa shape index (κ3) is 4.25. The van der Waals surface area contributed by atoms with Crippen LogP contribution < -0.4 is 5.32 Å². The number of nitrogens with one attached hydrogen (secondary N) is 1. The summed E-state index contributed by atoms with van der Waals surface area (Å²) in [7, 11) is 1.70. The number of nitrogens with zero attached hydrogens (tertiary/aromatic N) is 2. The minimum absolute atomic E-state index is 0.263. The molecule has 0 bridgehead atoms. The molecule has 4 nitrogen and oxygen atoms in total. The zero-order chi connectivity index (χ0) is 11.1. The average molecular weight is 209 g/mol. The lowest BCUT2D eigenvalue weighted by atomic mass is 10.2. The first kappa shape index (κ1) is 11.9. The number of rotatable bonds is 6. The van der Waals surface area contributed by atoms with E-state index in [9.17, 15) is 0 Å². The zero-order valence-electron chi connectivity index (χ0n) is 9.66. The van der Waals surface area contributed by atoms with Gasteiger partial charge in [0.2, 0.25) is 0 Å². The van der Waals surface area contributed by atoms with Crippen LogP contribution in [0.25, 0.3) is 0 Å². The number of anilines is 1. The van der Waals surface area contributed by atoms with Gasteiger partial charge in [0.1, 0.15) is 12.1 Å². The van der Waals surface area contributed by atoms with E-state index in [4.69, 9.17) is 4.74 Å². The van der Waals surface area contributed by atoms with Crippen molar-refractivity contribution in [1.29, 1.82) is 0 Å². The average Bonchev–Trinajstić information content (AvgIpc) is 2.19. The van der Waals surface area contributed by atoms with Crippen LogP contribution >= 0.6 is 0 Å². The first-order valence-corrected chi connectivity index (χ1v) is 5.32. The van der Waals surface area contributed by atoms with E-state index in [2.05, 4.69) is 29.1 Å². The minimum atomic E-state index is 0.263. The molecule has 0 saturated carbocycles. The summed E-state index contributed by atoms with van der Waals surface area (Å²) in [6, 6.07) is 2.26. The van der Waals surface area contributed by atoms with Gasteiger partial charge in [-0.1, -0.05) is 13.3 Å². The zero-order valence-corrected chi connectivity index (χ0v) is 9.66. The van der Waals surface area contributed by atoms with Crippen LogP contribution in [-0.2, 0) is 11.2 Å². The fourth-order valence-corrected chi connectivity index (χ4v) is 1.41. The maximum Gasteiger partial charge on any atom is 0.129 e. The monoisotopic (exact) mass is 209 g/mol. The Labute approximate surface area is 91.1 Å². The van der Waals surface area contributed by atoms with E-state index in [1.807, 2.05) is 6.07 Å². The molecule has 1 aromatic rings. The predicted octanol–water partition coefficient (Wildman–Crippen LogP) is 1.88. The van der Waals surface area contributed by atoms with Crippen molar-refractivity contribution in [2.45, 2.75) is 32.7 Å². The quantitative estimate of drug-likeness (QED) is 0.777. The molecule has 4 heteroatoms. The van der Waals surface area contributed by atoms with E-state index >= 15 is 0 Å². The lowest BCUT2D eigenvalue weighted by molar-refractivity contribution is 0.190.